The normalized spacial score (nSPS) is 13.5. The minimum Gasteiger partial charge on any atom is -0.459 e. The molecule has 1 fully saturated rings. The second-order valence-electron chi connectivity index (χ2n) is 7.64. The molecule has 1 saturated heterocycles. The molecule has 1 aliphatic rings. The van der Waals surface area contributed by atoms with Crippen LogP contribution in [0.2, 0.25) is 0 Å². The number of carbonyl (C=O) groups is 4. The van der Waals surface area contributed by atoms with Crippen LogP contribution in [0.4, 0.5) is 9.93 Å². The van der Waals surface area contributed by atoms with Crippen LogP contribution in [-0.2, 0) is 20.7 Å². The summed E-state index contributed by atoms with van der Waals surface area (Å²) in [4.78, 5) is 58.5. The van der Waals surface area contributed by atoms with Crippen molar-refractivity contribution < 1.29 is 28.3 Å². The lowest BCUT2D eigenvalue weighted by atomic mass is 10.2. The van der Waals surface area contributed by atoms with Gasteiger partial charge in [0.25, 0.3) is 5.91 Å². The smallest absolute Gasteiger partial charge is 0.409 e. The zero-order valence-electron chi connectivity index (χ0n) is 19.3. The maximum absolute atomic E-state index is 12.6. The van der Waals surface area contributed by atoms with Crippen molar-refractivity contribution in [1.82, 2.24) is 19.7 Å². The Morgan fingerprint density at radius 2 is 1.91 bits per heavy atom. The van der Waals surface area contributed by atoms with Gasteiger partial charge in [0.15, 0.2) is 10.9 Å². The monoisotopic (exact) mass is 491 g/mol. The van der Waals surface area contributed by atoms with E-state index in [4.69, 9.17) is 9.15 Å². The number of nitrogens with one attached hydrogen (secondary N) is 1. The van der Waals surface area contributed by atoms with E-state index in [0.717, 1.165) is 0 Å². The van der Waals surface area contributed by atoms with Crippen LogP contribution >= 0.6 is 11.3 Å². The number of carbonyl (C=O) groups excluding carboxylic acids is 4. The molecule has 34 heavy (non-hydrogen) atoms. The van der Waals surface area contributed by atoms with Crippen LogP contribution in [0, 0.1) is 0 Å². The lowest BCUT2D eigenvalue weighted by Crippen LogP contribution is -2.51. The van der Waals surface area contributed by atoms with Crippen molar-refractivity contribution in [2.45, 2.75) is 26.7 Å². The number of piperazine rings is 1. The number of ether oxygens (including phenoxy) is 1. The second kappa shape index (κ2) is 12.2. The van der Waals surface area contributed by atoms with Crippen LogP contribution in [0.15, 0.2) is 28.2 Å². The molecule has 0 saturated carbocycles. The van der Waals surface area contributed by atoms with Gasteiger partial charge in [0.05, 0.1) is 25.0 Å². The zero-order valence-corrected chi connectivity index (χ0v) is 20.1. The molecule has 3 rings (SSSR count). The largest absolute Gasteiger partial charge is 0.459 e. The number of amides is 4. The summed E-state index contributed by atoms with van der Waals surface area (Å²) in [7, 11) is 0. The van der Waals surface area contributed by atoms with Gasteiger partial charge in [0, 0.05) is 38.1 Å². The summed E-state index contributed by atoms with van der Waals surface area (Å²) in [5.74, 6) is -0.643. The molecule has 184 valence electrons. The molecular formula is C22H29N5O6S. The average Bonchev–Trinajstić information content (AvgIpc) is 3.51. The SMILES string of the molecule is CCCN(CC(=O)Nc1nc(CC(=O)N2CCN(C(=O)OCC)CC2)cs1)C(=O)c1ccco1. The van der Waals surface area contributed by atoms with Crippen LogP contribution in [0.3, 0.4) is 0 Å². The second-order valence-corrected chi connectivity index (χ2v) is 8.50. The maximum Gasteiger partial charge on any atom is 0.409 e. The molecule has 2 aromatic rings. The van der Waals surface area contributed by atoms with Gasteiger partial charge in [-0.25, -0.2) is 9.78 Å². The zero-order chi connectivity index (χ0) is 24.5. The summed E-state index contributed by atoms with van der Waals surface area (Å²) in [5.41, 5.74) is 0.551. The molecule has 3 heterocycles. The molecular weight excluding hydrogens is 462 g/mol. The van der Waals surface area contributed by atoms with Gasteiger partial charge in [-0.15, -0.1) is 11.3 Å². The highest BCUT2D eigenvalue weighted by Crippen LogP contribution is 2.17. The molecule has 2 aromatic heterocycles. The van der Waals surface area contributed by atoms with E-state index in [1.807, 2.05) is 6.92 Å². The Morgan fingerprint density at radius 3 is 2.56 bits per heavy atom. The van der Waals surface area contributed by atoms with E-state index in [-0.39, 0.29) is 42.5 Å². The molecule has 1 aliphatic heterocycles. The van der Waals surface area contributed by atoms with Gasteiger partial charge < -0.3 is 29.2 Å². The highest BCUT2D eigenvalue weighted by molar-refractivity contribution is 7.13. The Labute approximate surface area is 201 Å². The molecule has 0 aromatic carbocycles. The Morgan fingerprint density at radius 1 is 1.18 bits per heavy atom. The van der Waals surface area contributed by atoms with Crippen molar-refractivity contribution in [3.05, 3.63) is 35.2 Å². The van der Waals surface area contributed by atoms with Gasteiger partial charge >= 0.3 is 6.09 Å². The number of hydrogen-bond acceptors (Lipinski definition) is 8. The van der Waals surface area contributed by atoms with Crippen LogP contribution in [0.5, 0.6) is 0 Å². The van der Waals surface area contributed by atoms with Crippen LogP contribution in [-0.4, -0.2) is 89.4 Å². The molecule has 0 spiro atoms. The van der Waals surface area contributed by atoms with Crippen molar-refractivity contribution in [3.63, 3.8) is 0 Å². The molecule has 12 heteroatoms. The fourth-order valence-electron chi connectivity index (χ4n) is 3.48. The predicted octanol–water partition coefficient (Wildman–Crippen LogP) is 2.07. The number of hydrogen-bond donors (Lipinski definition) is 1. The minimum atomic E-state index is -0.379. The highest BCUT2D eigenvalue weighted by Gasteiger charge is 2.25. The van der Waals surface area contributed by atoms with Crippen molar-refractivity contribution in [1.29, 1.82) is 0 Å². The number of rotatable bonds is 9. The summed E-state index contributed by atoms with van der Waals surface area (Å²) in [6, 6.07) is 3.18. The topological polar surface area (TPSA) is 125 Å². The van der Waals surface area contributed by atoms with E-state index < -0.39 is 0 Å². The van der Waals surface area contributed by atoms with Gasteiger partial charge in [-0.05, 0) is 25.5 Å². The summed E-state index contributed by atoms with van der Waals surface area (Å²) >= 11 is 1.22. The molecule has 0 atom stereocenters. The molecule has 0 bridgehead atoms. The van der Waals surface area contributed by atoms with E-state index in [0.29, 0.717) is 56.6 Å². The number of aromatic nitrogens is 1. The Hall–Kier alpha value is -3.41. The molecule has 0 radical (unpaired) electrons. The lowest BCUT2D eigenvalue weighted by Gasteiger charge is -2.34. The number of furan rings is 1. The Bertz CT molecular complexity index is 984. The minimum absolute atomic E-state index is 0.0927. The van der Waals surface area contributed by atoms with Crippen molar-refractivity contribution >= 4 is 40.3 Å². The standard InChI is InChI=1S/C22H29N5O6S/c1-3-7-27(20(30)17-6-5-12-33-17)14-18(28)24-21-23-16(15-34-21)13-19(29)25-8-10-26(11-9-25)22(31)32-4-2/h5-6,12,15H,3-4,7-11,13-14H2,1-2H3,(H,23,24,28). The van der Waals surface area contributed by atoms with E-state index in [2.05, 4.69) is 10.3 Å². The number of thiazole rings is 1. The lowest BCUT2D eigenvalue weighted by molar-refractivity contribution is -0.132. The number of nitrogens with zero attached hydrogens (tertiary/aromatic N) is 4. The van der Waals surface area contributed by atoms with E-state index in [1.165, 1.54) is 22.5 Å². The van der Waals surface area contributed by atoms with Crippen LogP contribution < -0.4 is 5.32 Å². The first-order chi connectivity index (χ1) is 16.4. The molecule has 11 nitrogen and oxygen atoms in total. The quantitative estimate of drug-likeness (QED) is 0.569. The highest BCUT2D eigenvalue weighted by atomic mass is 32.1. The molecule has 4 amide bonds. The first-order valence-electron chi connectivity index (χ1n) is 11.2. The third-order valence-electron chi connectivity index (χ3n) is 5.14. The van der Waals surface area contributed by atoms with Gasteiger partial charge in [-0.2, -0.15) is 0 Å². The van der Waals surface area contributed by atoms with Crippen molar-refractivity contribution in [2.75, 3.05) is 51.2 Å². The van der Waals surface area contributed by atoms with Crippen molar-refractivity contribution in [3.8, 4) is 0 Å². The van der Waals surface area contributed by atoms with E-state index in [9.17, 15) is 19.2 Å². The van der Waals surface area contributed by atoms with E-state index >= 15 is 0 Å². The number of anilines is 1. The molecule has 1 N–H and O–H groups in total. The third-order valence-corrected chi connectivity index (χ3v) is 5.94. The molecule has 0 aliphatic carbocycles. The van der Waals surface area contributed by atoms with E-state index in [1.54, 1.807) is 34.2 Å². The van der Waals surface area contributed by atoms with Gasteiger partial charge in [0.1, 0.15) is 6.54 Å². The summed E-state index contributed by atoms with van der Waals surface area (Å²) in [6.07, 6.45) is 1.84. The van der Waals surface area contributed by atoms with Gasteiger partial charge in [-0.3, -0.25) is 14.4 Å². The van der Waals surface area contributed by atoms with Crippen LogP contribution in [0.25, 0.3) is 0 Å². The summed E-state index contributed by atoms with van der Waals surface area (Å²) in [6.45, 7) is 5.98. The third kappa shape index (κ3) is 6.80. The fourth-order valence-corrected chi connectivity index (χ4v) is 4.20. The summed E-state index contributed by atoms with van der Waals surface area (Å²) < 4.78 is 10.1. The maximum atomic E-state index is 12.6. The first kappa shape index (κ1) is 25.2. The fraction of sp³-hybridized carbons (Fsp3) is 0.500. The van der Waals surface area contributed by atoms with Crippen molar-refractivity contribution in [2.24, 2.45) is 0 Å². The predicted molar refractivity (Wildman–Crippen MR) is 125 cm³/mol. The average molecular weight is 492 g/mol. The Balaban J connectivity index is 1.48. The summed E-state index contributed by atoms with van der Waals surface area (Å²) in [5, 5.41) is 4.78. The first-order valence-corrected chi connectivity index (χ1v) is 12.1. The molecule has 0 unspecified atom stereocenters. The van der Waals surface area contributed by atoms with Crippen LogP contribution in [0.1, 0.15) is 36.5 Å². The van der Waals surface area contributed by atoms with Gasteiger partial charge in [-0.1, -0.05) is 6.92 Å². The van der Waals surface area contributed by atoms with Gasteiger partial charge in [0.2, 0.25) is 11.8 Å². The Kier molecular flexibility index (Phi) is 9.02.